The van der Waals surface area contributed by atoms with E-state index in [0.29, 0.717) is 24.1 Å². The van der Waals surface area contributed by atoms with Crippen molar-refractivity contribution < 1.29 is 4.74 Å². The van der Waals surface area contributed by atoms with Crippen LogP contribution in [0, 0.1) is 0 Å². The third-order valence-electron chi connectivity index (χ3n) is 5.87. The zero-order valence-corrected chi connectivity index (χ0v) is 21.9. The molecule has 174 valence electrons. The highest BCUT2D eigenvalue weighted by atomic mass is 127. The number of halogens is 2. The molecule has 0 aliphatic carbocycles. The highest BCUT2D eigenvalue weighted by molar-refractivity contribution is 14.1. The van der Waals surface area contributed by atoms with E-state index in [0.717, 1.165) is 26.0 Å². The lowest BCUT2D eigenvalue weighted by Crippen LogP contribution is -2.28. The van der Waals surface area contributed by atoms with Gasteiger partial charge in [-0.2, -0.15) is 0 Å². The SMILES string of the molecule is Clc1ccc(C2/C(=C(\I)c3ccccc3)OC(=NCc3ccccc3)N2Cc2ccccc2)cc1. The molecule has 0 bridgehead atoms. The van der Waals surface area contributed by atoms with E-state index in [2.05, 4.69) is 88.2 Å². The Morgan fingerprint density at radius 2 is 1.34 bits per heavy atom. The summed E-state index contributed by atoms with van der Waals surface area (Å²) in [6.07, 6.45) is 0. The van der Waals surface area contributed by atoms with Crippen molar-refractivity contribution in [3.05, 3.63) is 148 Å². The molecular weight excluding hydrogens is 567 g/mol. The molecule has 0 aromatic heterocycles. The van der Waals surface area contributed by atoms with E-state index in [1.165, 1.54) is 5.56 Å². The number of hydrogen-bond acceptors (Lipinski definition) is 2. The Bertz CT molecular complexity index is 1320. The Labute approximate surface area is 224 Å². The molecule has 0 N–H and O–H groups in total. The standard InChI is InChI=1S/C30H24ClIN2O/c31-26-18-16-25(17-19-26)28-29(27(32)24-14-8-3-9-15-24)35-30(33-20-22-10-4-1-5-11-22)34(28)21-23-12-6-2-7-13-23/h1-19,28H,20-21H2/b29-27+,33-30?. The lowest BCUT2D eigenvalue weighted by Gasteiger charge is -2.24. The molecule has 0 radical (unpaired) electrons. The maximum absolute atomic E-state index is 6.60. The van der Waals surface area contributed by atoms with E-state index in [9.17, 15) is 0 Å². The number of aliphatic imine (C=N–C) groups is 1. The van der Waals surface area contributed by atoms with Crippen LogP contribution >= 0.6 is 34.2 Å². The van der Waals surface area contributed by atoms with Gasteiger partial charge in [0, 0.05) is 11.6 Å². The number of ether oxygens (including phenoxy) is 1. The van der Waals surface area contributed by atoms with Gasteiger partial charge in [-0.15, -0.1) is 0 Å². The molecule has 1 saturated heterocycles. The fourth-order valence-electron chi connectivity index (χ4n) is 4.14. The largest absolute Gasteiger partial charge is 0.427 e. The Morgan fingerprint density at radius 3 is 1.97 bits per heavy atom. The molecular formula is C30H24ClIN2O. The summed E-state index contributed by atoms with van der Waals surface area (Å²) in [5.74, 6) is 0.877. The van der Waals surface area contributed by atoms with Crippen molar-refractivity contribution in [3.8, 4) is 0 Å². The van der Waals surface area contributed by atoms with Crippen LogP contribution in [0.4, 0.5) is 0 Å². The number of benzene rings is 4. The Balaban J connectivity index is 1.62. The van der Waals surface area contributed by atoms with E-state index in [1.807, 2.05) is 54.6 Å². The summed E-state index contributed by atoms with van der Waals surface area (Å²) in [6.45, 7) is 1.22. The van der Waals surface area contributed by atoms with Crippen molar-refractivity contribution in [2.24, 2.45) is 4.99 Å². The topological polar surface area (TPSA) is 24.8 Å². The molecule has 0 saturated carbocycles. The molecule has 35 heavy (non-hydrogen) atoms. The van der Waals surface area contributed by atoms with Crippen LogP contribution in [0.2, 0.25) is 5.02 Å². The van der Waals surface area contributed by atoms with Crippen molar-refractivity contribution >= 4 is 43.8 Å². The molecule has 3 nitrogen and oxygen atoms in total. The summed E-state index contributed by atoms with van der Waals surface area (Å²) in [4.78, 5) is 7.20. The second-order valence-electron chi connectivity index (χ2n) is 8.30. The third kappa shape index (κ3) is 5.60. The highest BCUT2D eigenvalue weighted by Crippen LogP contribution is 2.43. The smallest absolute Gasteiger partial charge is 0.294 e. The first-order valence-corrected chi connectivity index (χ1v) is 12.9. The maximum Gasteiger partial charge on any atom is 0.294 e. The Kier molecular flexibility index (Phi) is 7.50. The lowest BCUT2D eigenvalue weighted by molar-refractivity contribution is 0.368. The van der Waals surface area contributed by atoms with Crippen LogP contribution in [-0.2, 0) is 17.8 Å². The summed E-state index contributed by atoms with van der Waals surface area (Å²) in [6, 6.07) is 39.5. The van der Waals surface area contributed by atoms with E-state index in [-0.39, 0.29) is 6.04 Å². The molecule has 1 heterocycles. The average molecular weight is 591 g/mol. The molecule has 4 aromatic carbocycles. The molecule has 0 spiro atoms. The fourth-order valence-corrected chi connectivity index (χ4v) is 5.03. The quantitative estimate of drug-likeness (QED) is 0.211. The minimum atomic E-state index is -0.130. The second kappa shape index (κ2) is 11.1. The normalized spacial score (nSPS) is 17.9. The van der Waals surface area contributed by atoms with Crippen LogP contribution in [-0.4, -0.2) is 10.9 Å². The van der Waals surface area contributed by atoms with Gasteiger partial charge in [-0.3, -0.25) is 0 Å². The lowest BCUT2D eigenvalue weighted by atomic mass is 10.0. The van der Waals surface area contributed by atoms with Crippen molar-refractivity contribution in [1.82, 2.24) is 4.90 Å². The van der Waals surface area contributed by atoms with Crippen LogP contribution in [0.15, 0.2) is 126 Å². The van der Waals surface area contributed by atoms with Crippen LogP contribution in [0.25, 0.3) is 3.58 Å². The third-order valence-corrected chi connectivity index (χ3v) is 7.28. The minimum Gasteiger partial charge on any atom is -0.427 e. The molecule has 1 atom stereocenters. The van der Waals surface area contributed by atoms with Gasteiger partial charge in [0.1, 0.15) is 11.8 Å². The molecule has 5 heteroatoms. The summed E-state index contributed by atoms with van der Waals surface area (Å²) >= 11 is 8.64. The van der Waals surface area contributed by atoms with Gasteiger partial charge in [0.25, 0.3) is 6.02 Å². The molecule has 5 rings (SSSR count). The van der Waals surface area contributed by atoms with Crippen molar-refractivity contribution in [3.63, 3.8) is 0 Å². The number of hydrogen-bond donors (Lipinski definition) is 0. The zero-order valence-electron chi connectivity index (χ0n) is 19.0. The van der Waals surface area contributed by atoms with E-state index in [1.54, 1.807) is 0 Å². The number of nitrogens with zero attached hydrogens (tertiary/aromatic N) is 2. The highest BCUT2D eigenvalue weighted by Gasteiger charge is 2.39. The molecule has 1 fully saturated rings. The molecule has 0 amide bonds. The summed E-state index contributed by atoms with van der Waals surface area (Å²) in [5.41, 5.74) is 4.56. The summed E-state index contributed by atoms with van der Waals surface area (Å²) in [5, 5.41) is 0.712. The van der Waals surface area contributed by atoms with Gasteiger partial charge in [-0.25, -0.2) is 4.99 Å². The Hall–Kier alpha value is -3.09. The van der Waals surface area contributed by atoms with Gasteiger partial charge < -0.3 is 9.64 Å². The average Bonchev–Trinajstić information content (AvgIpc) is 3.27. The van der Waals surface area contributed by atoms with E-state index >= 15 is 0 Å². The summed E-state index contributed by atoms with van der Waals surface area (Å²) < 4.78 is 7.66. The van der Waals surface area contributed by atoms with Gasteiger partial charge >= 0.3 is 0 Å². The monoisotopic (exact) mass is 590 g/mol. The first-order valence-electron chi connectivity index (χ1n) is 11.5. The predicted molar refractivity (Wildman–Crippen MR) is 152 cm³/mol. The zero-order chi connectivity index (χ0) is 24.0. The van der Waals surface area contributed by atoms with Crippen LogP contribution < -0.4 is 0 Å². The fraction of sp³-hybridized carbons (Fsp3) is 0.100. The van der Waals surface area contributed by atoms with E-state index < -0.39 is 0 Å². The minimum absolute atomic E-state index is 0.130. The maximum atomic E-state index is 6.60. The molecule has 1 aliphatic heterocycles. The van der Waals surface area contributed by atoms with Gasteiger partial charge in [0.15, 0.2) is 0 Å². The first-order chi connectivity index (χ1) is 17.2. The number of rotatable bonds is 6. The molecule has 1 aliphatic rings. The van der Waals surface area contributed by atoms with Gasteiger partial charge in [-0.1, -0.05) is 115 Å². The molecule has 4 aromatic rings. The van der Waals surface area contributed by atoms with Crippen molar-refractivity contribution in [1.29, 1.82) is 0 Å². The van der Waals surface area contributed by atoms with Gasteiger partial charge in [0.05, 0.1) is 10.1 Å². The van der Waals surface area contributed by atoms with Crippen LogP contribution in [0.5, 0.6) is 0 Å². The second-order valence-corrected chi connectivity index (χ2v) is 9.81. The molecule has 1 unspecified atom stereocenters. The number of amidine groups is 1. The van der Waals surface area contributed by atoms with Crippen molar-refractivity contribution in [2.45, 2.75) is 19.1 Å². The first kappa shape index (κ1) is 23.6. The predicted octanol–water partition coefficient (Wildman–Crippen LogP) is 8.27. The van der Waals surface area contributed by atoms with Crippen molar-refractivity contribution in [2.75, 3.05) is 0 Å². The Morgan fingerprint density at radius 1 is 0.771 bits per heavy atom. The van der Waals surface area contributed by atoms with E-state index in [4.69, 9.17) is 21.3 Å². The van der Waals surface area contributed by atoms with Crippen LogP contribution in [0.3, 0.4) is 0 Å². The van der Waals surface area contributed by atoms with Gasteiger partial charge in [-0.05, 0) is 57.0 Å². The van der Waals surface area contributed by atoms with Gasteiger partial charge in [0.2, 0.25) is 0 Å². The van der Waals surface area contributed by atoms with Crippen LogP contribution in [0.1, 0.15) is 28.3 Å². The summed E-state index contributed by atoms with van der Waals surface area (Å²) in [7, 11) is 0.